The molecule has 0 aromatic heterocycles. The van der Waals surface area contributed by atoms with E-state index < -0.39 is 0 Å². The van der Waals surface area contributed by atoms with Crippen molar-refractivity contribution >= 4 is 27.7 Å². The molecule has 0 aliphatic carbocycles. The van der Waals surface area contributed by atoms with Crippen molar-refractivity contribution in [3.8, 4) is 0 Å². The van der Waals surface area contributed by atoms with Gasteiger partial charge in [-0.15, -0.1) is 0 Å². The highest BCUT2D eigenvalue weighted by Crippen LogP contribution is 2.16. The fourth-order valence-corrected chi connectivity index (χ4v) is 1.97. The minimum atomic E-state index is -0.284. The third-order valence-electron chi connectivity index (χ3n) is 2.70. The van der Waals surface area contributed by atoms with Crippen LogP contribution in [0.25, 0.3) is 0 Å². The molecule has 0 fully saturated rings. The van der Waals surface area contributed by atoms with Crippen LogP contribution in [0.1, 0.15) is 31.9 Å². The molecule has 1 atom stereocenters. The van der Waals surface area contributed by atoms with E-state index in [1.165, 1.54) is 12.5 Å². The zero-order valence-electron chi connectivity index (χ0n) is 11.1. The predicted molar refractivity (Wildman–Crippen MR) is 75.9 cm³/mol. The van der Waals surface area contributed by atoms with Crippen LogP contribution in [-0.2, 0) is 9.59 Å². The molecule has 0 radical (unpaired) electrons. The Bertz CT molecular complexity index is 434. The van der Waals surface area contributed by atoms with Crippen LogP contribution >= 0.6 is 15.9 Å². The summed E-state index contributed by atoms with van der Waals surface area (Å²) >= 11 is 3.40. The molecule has 0 saturated carbocycles. The Kier molecular flexibility index (Phi) is 6.52. The van der Waals surface area contributed by atoms with E-state index >= 15 is 0 Å². The number of nitrogens with one attached hydrogen (secondary N) is 2. The van der Waals surface area contributed by atoms with Crippen molar-refractivity contribution in [1.82, 2.24) is 10.9 Å². The van der Waals surface area contributed by atoms with Gasteiger partial charge in [0.2, 0.25) is 5.91 Å². The van der Waals surface area contributed by atoms with Gasteiger partial charge in [0.25, 0.3) is 5.91 Å². The van der Waals surface area contributed by atoms with Crippen LogP contribution in [-0.4, -0.2) is 18.4 Å². The average molecular weight is 329 g/mol. The lowest BCUT2D eigenvalue weighted by atomic mass is 10.0. The molecule has 0 spiro atoms. The van der Waals surface area contributed by atoms with E-state index in [1.807, 2.05) is 29.6 Å². The number of hydrogen-bond donors (Lipinski definition) is 3. The molecule has 0 aliphatic heterocycles. The summed E-state index contributed by atoms with van der Waals surface area (Å²) in [6, 6.07) is 8.30. The van der Waals surface area contributed by atoms with Gasteiger partial charge < -0.3 is 5.32 Å². The molecule has 0 aliphatic rings. The molecule has 0 unspecified atom stereocenters. The number of hydrazine groups is 1. The van der Waals surface area contributed by atoms with Crippen molar-refractivity contribution < 1.29 is 14.9 Å². The van der Waals surface area contributed by atoms with Gasteiger partial charge in [-0.05, 0) is 12.1 Å². The molecule has 1 aromatic carbocycles. The average Bonchev–Trinajstić information content (AvgIpc) is 2.39. The Balaban J connectivity index is 2.46. The second-order valence-electron chi connectivity index (χ2n) is 4.24. The molecule has 4 N–H and O–H groups in total. The summed E-state index contributed by atoms with van der Waals surface area (Å²) in [6.07, 6.45) is 0.926. The largest absolute Gasteiger partial charge is 0.332 e. The van der Waals surface area contributed by atoms with Gasteiger partial charge in [-0.3, -0.25) is 20.4 Å². The summed E-state index contributed by atoms with van der Waals surface area (Å²) in [6.45, 7) is 3.70. The third-order valence-corrected chi connectivity index (χ3v) is 3.23. The van der Waals surface area contributed by atoms with E-state index in [0.29, 0.717) is 0 Å². The molecule has 1 rings (SSSR count). The maximum atomic E-state index is 11.5. The maximum Gasteiger partial charge on any atom is 0.293 e. The first kappa shape index (κ1) is 15.7. The zero-order valence-corrected chi connectivity index (χ0v) is 12.7. The standard InChI is InChI=1S/C13H18BrN3O2/c1-3-12(10-4-6-11(14)7-5-10)15-8-13(19)17-16-9(2)18/h4-7,12,15H,3,8H2,1-2H3,(H,16,18)(H,17,19)/p+1/t12-/m0/s1. The van der Waals surface area contributed by atoms with Crippen LogP contribution < -0.4 is 16.2 Å². The lowest BCUT2D eigenvalue weighted by Crippen LogP contribution is -2.87. The van der Waals surface area contributed by atoms with E-state index in [9.17, 15) is 9.59 Å². The van der Waals surface area contributed by atoms with Gasteiger partial charge in [0, 0.05) is 23.4 Å². The van der Waals surface area contributed by atoms with Crippen LogP contribution in [0, 0.1) is 0 Å². The molecule has 0 heterocycles. The van der Waals surface area contributed by atoms with Gasteiger partial charge in [-0.2, -0.15) is 0 Å². The van der Waals surface area contributed by atoms with Gasteiger partial charge in [-0.25, -0.2) is 0 Å². The highest BCUT2D eigenvalue weighted by atomic mass is 79.9. The smallest absolute Gasteiger partial charge is 0.293 e. The van der Waals surface area contributed by atoms with Crippen molar-refractivity contribution in [2.24, 2.45) is 0 Å². The van der Waals surface area contributed by atoms with Gasteiger partial charge in [0.15, 0.2) is 6.54 Å². The highest BCUT2D eigenvalue weighted by molar-refractivity contribution is 9.10. The molecular formula is C13H19BrN3O2+. The Labute approximate surface area is 121 Å². The summed E-state index contributed by atoms with van der Waals surface area (Å²) in [4.78, 5) is 22.1. The minimum absolute atomic E-state index is 0.217. The number of hydrogen-bond acceptors (Lipinski definition) is 2. The van der Waals surface area contributed by atoms with Gasteiger partial charge >= 0.3 is 0 Å². The molecule has 6 heteroatoms. The molecule has 5 nitrogen and oxygen atoms in total. The summed E-state index contributed by atoms with van der Waals surface area (Å²) in [7, 11) is 0. The molecule has 104 valence electrons. The molecular weight excluding hydrogens is 310 g/mol. The van der Waals surface area contributed by atoms with E-state index in [2.05, 4.69) is 33.7 Å². The Morgan fingerprint density at radius 2 is 1.89 bits per heavy atom. The van der Waals surface area contributed by atoms with Gasteiger partial charge in [0.05, 0.1) is 0 Å². The summed E-state index contributed by atoms with van der Waals surface area (Å²) in [5.74, 6) is -0.501. The van der Waals surface area contributed by atoms with E-state index in [0.717, 1.165) is 10.9 Å². The number of rotatable bonds is 5. The molecule has 0 bridgehead atoms. The summed E-state index contributed by atoms with van der Waals surface area (Å²) < 4.78 is 1.04. The number of amides is 2. The quantitative estimate of drug-likeness (QED) is 0.693. The van der Waals surface area contributed by atoms with E-state index in [1.54, 1.807) is 0 Å². The second kappa shape index (κ2) is 7.91. The number of carbonyl (C=O) groups excluding carboxylic acids is 2. The van der Waals surface area contributed by atoms with Crippen molar-refractivity contribution in [3.63, 3.8) is 0 Å². The predicted octanol–water partition coefficient (Wildman–Crippen LogP) is 0.631. The SMILES string of the molecule is CC[C@H]([NH2+]CC(=O)NNC(C)=O)c1ccc(Br)cc1. The number of quaternary nitrogens is 1. The van der Waals surface area contributed by atoms with Crippen LogP contribution in [0.3, 0.4) is 0 Å². The Hall–Kier alpha value is -1.40. The first-order chi connectivity index (χ1) is 9.02. The van der Waals surface area contributed by atoms with Crippen LogP contribution in [0.15, 0.2) is 28.7 Å². The lowest BCUT2D eigenvalue weighted by Gasteiger charge is -2.14. The molecule has 19 heavy (non-hydrogen) atoms. The minimum Gasteiger partial charge on any atom is -0.332 e. The fraction of sp³-hybridized carbons (Fsp3) is 0.385. The highest BCUT2D eigenvalue weighted by Gasteiger charge is 2.14. The lowest BCUT2D eigenvalue weighted by molar-refractivity contribution is -0.686. The summed E-state index contributed by atoms with van der Waals surface area (Å²) in [5, 5.41) is 1.96. The first-order valence-corrected chi connectivity index (χ1v) is 6.96. The molecule has 2 amide bonds. The zero-order chi connectivity index (χ0) is 14.3. The summed E-state index contributed by atoms with van der Waals surface area (Å²) in [5.41, 5.74) is 5.79. The number of halogens is 1. The van der Waals surface area contributed by atoms with Crippen LogP contribution in [0.2, 0.25) is 0 Å². The second-order valence-corrected chi connectivity index (χ2v) is 5.15. The molecule has 1 aromatic rings. The van der Waals surface area contributed by atoms with Crippen molar-refractivity contribution in [1.29, 1.82) is 0 Å². The topological polar surface area (TPSA) is 74.8 Å². The Morgan fingerprint density at radius 1 is 1.26 bits per heavy atom. The number of nitrogens with two attached hydrogens (primary N) is 1. The maximum absolute atomic E-state index is 11.5. The number of carbonyl (C=O) groups is 2. The van der Waals surface area contributed by atoms with Crippen molar-refractivity contribution in [2.75, 3.05) is 6.54 Å². The van der Waals surface area contributed by atoms with Crippen molar-refractivity contribution in [3.05, 3.63) is 34.3 Å². The van der Waals surface area contributed by atoms with Crippen molar-refractivity contribution in [2.45, 2.75) is 26.3 Å². The van der Waals surface area contributed by atoms with Gasteiger partial charge in [-0.1, -0.05) is 35.0 Å². The monoisotopic (exact) mass is 328 g/mol. The van der Waals surface area contributed by atoms with Gasteiger partial charge in [0.1, 0.15) is 6.04 Å². The van der Waals surface area contributed by atoms with E-state index in [-0.39, 0.29) is 24.4 Å². The fourth-order valence-electron chi connectivity index (χ4n) is 1.71. The third kappa shape index (κ3) is 5.85. The van der Waals surface area contributed by atoms with E-state index in [4.69, 9.17) is 0 Å². The first-order valence-electron chi connectivity index (χ1n) is 6.17. The normalized spacial score (nSPS) is 11.7. The Morgan fingerprint density at radius 3 is 2.42 bits per heavy atom. The number of benzene rings is 1. The van der Waals surface area contributed by atoms with Crippen LogP contribution in [0.4, 0.5) is 0 Å². The van der Waals surface area contributed by atoms with Crippen LogP contribution in [0.5, 0.6) is 0 Å². The molecule has 0 saturated heterocycles.